The van der Waals surface area contributed by atoms with E-state index in [0.717, 1.165) is 140 Å². The van der Waals surface area contributed by atoms with E-state index in [-0.39, 0.29) is 104 Å². The number of aryl methyl sites for hydroxylation is 4. The van der Waals surface area contributed by atoms with Gasteiger partial charge >= 0.3 is 74.9 Å². The molecule has 5 aliphatic rings. The third-order valence-electron chi connectivity index (χ3n) is 14.9. The van der Waals surface area contributed by atoms with E-state index in [9.17, 15) is 19.2 Å². The van der Waals surface area contributed by atoms with Crippen LogP contribution in [0, 0.1) is 27.7 Å². The summed E-state index contributed by atoms with van der Waals surface area (Å²) in [5.74, 6) is 0.397. The van der Waals surface area contributed by atoms with Crippen LogP contribution in [0.15, 0.2) is 134 Å². The maximum atomic E-state index is 14.3. The predicted octanol–water partition coefficient (Wildman–Crippen LogP) is 7.41. The number of nitrogens with one attached hydrogen (secondary N) is 3. The molecule has 3 aliphatic carbocycles. The molecule has 2 heterocycles. The van der Waals surface area contributed by atoms with E-state index in [0.29, 0.717) is 46.6 Å². The van der Waals surface area contributed by atoms with E-state index in [2.05, 4.69) is 107 Å². The Balaban J connectivity index is 0.000000328. The summed E-state index contributed by atoms with van der Waals surface area (Å²) in [6.07, 6.45) is 12.1. The first-order valence-corrected chi connectivity index (χ1v) is 28.6. The van der Waals surface area contributed by atoms with Gasteiger partial charge in [-0.3, -0.25) is 14.6 Å². The number of unbranched alkanes of at least 4 members (excludes halogenated alkanes) is 6. The second-order valence-electron chi connectivity index (χ2n) is 20.8. The van der Waals surface area contributed by atoms with Gasteiger partial charge in [-0.2, -0.15) is 6.07 Å². The molecule has 4 aromatic carbocycles. The van der Waals surface area contributed by atoms with Crippen LogP contribution in [0.2, 0.25) is 0 Å². The first kappa shape index (κ1) is 67.9. The van der Waals surface area contributed by atoms with Crippen LogP contribution < -0.4 is 108 Å². The molecule has 4 N–H and O–H groups in total. The first-order chi connectivity index (χ1) is 38.7. The largest absolute Gasteiger partial charge is 1.00 e. The number of allylic oxidation sites excluding steroid dienone is 3. The van der Waals surface area contributed by atoms with Crippen LogP contribution in [-0.2, 0) is 19.1 Å². The SMILES string of the molecule is CCCCCCCCCC(OC(=O)c1ccccc1-c1c2cc(C)c(=[NH+]CC)cc-2oc2cc(NCC)c(C)cc12)C1=CC(=O)C(C)=CC1=O.CCN=c1cc2oc3cc(NCC)c(C)cc3c(-c3ccccc3[C-]=O)c-2cc1C.[Cl-].[Cs+].[OH-]. The van der Waals surface area contributed by atoms with Crippen molar-refractivity contribution in [2.24, 2.45) is 4.99 Å². The van der Waals surface area contributed by atoms with Gasteiger partial charge in [0, 0.05) is 93.4 Å². The van der Waals surface area contributed by atoms with Crippen LogP contribution in [0.25, 0.3) is 66.8 Å². The summed E-state index contributed by atoms with van der Waals surface area (Å²) in [5.41, 5.74) is 14.6. The third-order valence-corrected chi connectivity index (χ3v) is 14.9. The molecule has 430 valence electrons. The molecular weight excluding hydrogens is 1180 g/mol. The van der Waals surface area contributed by atoms with E-state index in [1.54, 1.807) is 19.1 Å². The molecule has 1 atom stereocenters. The summed E-state index contributed by atoms with van der Waals surface area (Å²) >= 11 is 0. The molecule has 83 heavy (non-hydrogen) atoms. The van der Waals surface area contributed by atoms with E-state index >= 15 is 0 Å². The van der Waals surface area contributed by atoms with Crippen molar-refractivity contribution in [3.8, 4) is 44.9 Å². The van der Waals surface area contributed by atoms with Gasteiger partial charge in [0.15, 0.2) is 11.6 Å². The zero-order chi connectivity index (χ0) is 57.0. The zero-order valence-corrected chi connectivity index (χ0v) is 57.1. The van der Waals surface area contributed by atoms with Crippen LogP contribution in [0.3, 0.4) is 0 Å². The first-order valence-electron chi connectivity index (χ1n) is 28.6. The number of carbonyl (C=O) groups is 3. The Hall–Kier alpha value is -5.88. The fourth-order valence-electron chi connectivity index (χ4n) is 10.8. The summed E-state index contributed by atoms with van der Waals surface area (Å²) in [6.45, 7) is 23.4. The molecule has 0 fully saturated rings. The summed E-state index contributed by atoms with van der Waals surface area (Å²) < 4.78 is 19.2. The van der Waals surface area contributed by atoms with Gasteiger partial charge in [-0.1, -0.05) is 75.3 Å². The maximum Gasteiger partial charge on any atom is 1.00 e. The van der Waals surface area contributed by atoms with Crippen molar-refractivity contribution in [2.45, 2.75) is 127 Å². The van der Waals surface area contributed by atoms with E-state index < -0.39 is 12.1 Å². The van der Waals surface area contributed by atoms with Gasteiger partial charge in [0.25, 0.3) is 0 Å². The van der Waals surface area contributed by atoms with Gasteiger partial charge in [0.1, 0.15) is 35.3 Å². The van der Waals surface area contributed by atoms with Crippen molar-refractivity contribution in [3.63, 3.8) is 0 Å². The van der Waals surface area contributed by atoms with Gasteiger partial charge < -0.3 is 46.9 Å². The number of nitrogens with zero attached hydrogens (tertiary/aromatic N) is 1. The number of carbonyl (C=O) groups excluding carboxylic acids is 4. The molecule has 0 radical (unpaired) electrons. The number of anilines is 2. The standard InChI is InChI=1S/C43H50N2O5.C26H25N2O2.ClH.Cs.H2O/c1-7-10-11-12-13-14-15-20-39(32-24-37(46)29(6)23-38(32)47)50-43(48)31-19-17-16-18-30(31)42-33-21-27(4)35(44-8-2)25-40(33)49-41-26-36(45-9-3)28(5)22-34(41)42;1-5-27-22-13-24-20(11-16(22)3)26(19-10-8-7-9-18(19)15-29)21-12-17(4)23(28-6-2)14-25(21)30-24;;;/h16-19,21-26,39,44H,7-15,20H2,1-6H3;7-14,27H,5-6H2,1-4H3;1H;;1H2/q;-1;;+1;/p-1. The number of esters is 1. The Morgan fingerprint density at radius 2 is 1.19 bits per heavy atom. The maximum absolute atomic E-state index is 14.3. The van der Waals surface area contributed by atoms with E-state index in [4.69, 9.17) is 13.6 Å². The minimum atomic E-state index is -0.832. The van der Waals surface area contributed by atoms with Crippen molar-refractivity contribution >= 4 is 57.1 Å². The smallest absolute Gasteiger partial charge is 1.00 e. The van der Waals surface area contributed by atoms with Crippen LogP contribution in [-0.4, -0.2) is 61.6 Å². The molecule has 14 heteroatoms. The normalized spacial score (nSPS) is 12.9. The molecule has 9 rings (SSSR count). The Labute approximate surface area is 553 Å². The molecule has 2 aliphatic heterocycles. The summed E-state index contributed by atoms with van der Waals surface area (Å²) in [7, 11) is 0. The predicted molar refractivity (Wildman–Crippen MR) is 325 cm³/mol. The molecule has 12 nitrogen and oxygen atoms in total. The molecular formula is C69H77ClCsN4O8-. The summed E-state index contributed by atoms with van der Waals surface area (Å²) in [5, 5.41) is 10.6. The Bertz CT molecular complexity index is 3780. The van der Waals surface area contributed by atoms with Gasteiger partial charge in [-0.15, -0.1) is 23.3 Å². The number of ether oxygens (including phenoxy) is 1. The number of hydrogen-bond acceptors (Lipinski definition) is 11. The zero-order valence-electron chi connectivity index (χ0n) is 50.1. The van der Waals surface area contributed by atoms with Gasteiger partial charge in [-0.05, 0) is 140 Å². The van der Waals surface area contributed by atoms with Crippen LogP contribution >= 0.6 is 0 Å². The molecule has 0 saturated heterocycles. The Kier molecular flexibility index (Phi) is 26.1. The third kappa shape index (κ3) is 15.7. The monoisotopic (exact) mass is 1260 g/mol. The number of hydrogen-bond donors (Lipinski definition) is 3. The van der Waals surface area contributed by atoms with Crippen molar-refractivity contribution < 1.29 is 125 Å². The number of fused-ring (bicyclic) bond motifs is 4. The number of halogens is 1. The van der Waals surface area contributed by atoms with Crippen LogP contribution in [0.4, 0.5) is 11.4 Å². The van der Waals surface area contributed by atoms with E-state index in [1.807, 2.05) is 67.6 Å². The minimum absolute atomic E-state index is 0. The second-order valence-corrected chi connectivity index (χ2v) is 20.8. The average molecular weight is 1260 g/mol. The van der Waals surface area contributed by atoms with Crippen molar-refractivity contribution in [1.29, 1.82) is 0 Å². The fraction of sp³-hybridized carbons (Fsp3) is 0.333. The van der Waals surface area contributed by atoms with Gasteiger partial charge in [0.05, 0.1) is 23.3 Å². The van der Waals surface area contributed by atoms with Crippen molar-refractivity contribution in [2.75, 3.05) is 36.8 Å². The molecule has 4 aromatic rings. The van der Waals surface area contributed by atoms with Crippen molar-refractivity contribution in [3.05, 3.63) is 164 Å². The molecule has 0 saturated carbocycles. The molecule has 0 amide bonds. The van der Waals surface area contributed by atoms with Crippen LogP contribution in [0.5, 0.6) is 0 Å². The van der Waals surface area contributed by atoms with Crippen LogP contribution in [0.1, 0.15) is 131 Å². The number of ketones is 2. The molecule has 0 spiro atoms. The molecule has 0 bridgehead atoms. The van der Waals surface area contributed by atoms with E-state index in [1.165, 1.54) is 31.4 Å². The quantitative estimate of drug-likeness (QED) is 0.0229. The fourth-order valence-corrected chi connectivity index (χ4v) is 10.8. The molecule has 0 aromatic heterocycles. The minimum Gasteiger partial charge on any atom is -1.00 e. The van der Waals surface area contributed by atoms with Gasteiger partial charge in [0.2, 0.25) is 5.36 Å². The average Bonchev–Trinajstić information content (AvgIpc) is 3.63. The summed E-state index contributed by atoms with van der Waals surface area (Å²) in [6, 6.07) is 31.6. The van der Waals surface area contributed by atoms with Gasteiger partial charge in [-0.25, -0.2) is 9.79 Å². The summed E-state index contributed by atoms with van der Waals surface area (Å²) in [4.78, 5) is 60.0. The van der Waals surface area contributed by atoms with Crippen molar-refractivity contribution in [1.82, 2.24) is 0 Å². The Morgan fingerprint density at radius 1 is 0.639 bits per heavy atom. The number of rotatable bonds is 20. The topological polar surface area (TPSA) is 184 Å². The molecule has 1 unspecified atom stereocenters. The number of benzene rings is 6. The Morgan fingerprint density at radius 3 is 1.78 bits per heavy atom. The second kappa shape index (κ2) is 31.9.